The van der Waals surface area contributed by atoms with Crippen LogP contribution < -0.4 is 15.2 Å². The van der Waals surface area contributed by atoms with Crippen LogP contribution in [0.1, 0.15) is 47.1 Å². The van der Waals surface area contributed by atoms with Gasteiger partial charge in [-0.25, -0.2) is 0 Å². The molecule has 0 unspecified atom stereocenters. The lowest BCUT2D eigenvalue weighted by molar-refractivity contribution is -0.173. The maximum atomic E-state index is 14.0. The van der Waals surface area contributed by atoms with Crippen LogP contribution in [-0.2, 0) is 10.5 Å². The number of benzene rings is 2. The number of pyridine rings is 1. The molecular formula is C26H21ClF3N3O4S. The molecule has 2 aliphatic rings. The van der Waals surface area contributed by atoms with Gasteiger partial charge in [0.2, 0.25) is 11.2 Å². The minimum atomic E-state index is -4.75. The molecule has 5 rings (SSSR count). The molecule has 2 aliphatic heterocycles. The number of carbonyl (C=O) groups is 2. The summed E-state index contributed by atoms with van der Waals surface area (Å²) in [5.41, 5.74) is 1.19. The largest absolute Gasteiger partial charge is 0.420 e. The van der Waals surface area contributed by atoms with Gasteiger partial charge < -0.3 is 9.64 Å². The van der Waals surface area contributed by atoms with Crippen LogP contribution in [-0.4, -0.2) is 40.3 Å². The maximum absolute atomic E-state index is 14.0. The van der Waals surface area contributed by atoms with Gasteiger partial charge in [0.15, 0.2) is 5.69 Å². The van der Waals surface area contributed by atoms with Crippen LogP contribution >= 0.6 is 23.4 Å². The van der Waals surface area contributed by atoms with Crippen LogP contribution in [0.3, 0.4) is 0 Å². The first kappa shape index (κ1) is 26.2. The zero-order valence-corrected chi connectivity index (χ0v) is 21.7. The molecule has 0 fully saturated rings. The van der Waals surface area contributed by atoms with E-state index in [2.05, 4.69) is 0 Å². The second kappa shape index (κ2) is 9.70. The fourth-order valence-corrected chi connectivity index (χ4v) is 6.19. The second-order valence-electron chi connectivity index (χ2n) is 8.92. The third-order valence-electron chi connectivity index (χ3n) is 6.57. The van der Waals surface area contributed by atoms with Crippen molar-refractivity contribution in [2.75, 3.05) is 11.7 Å². The Morgan fingerprint density at radius 3 is 2.53 bits per heavy atom. The maximum Gasteiger partial charge on any atom is 0.408 e. The van der Waals surface area contributed by atoms with Crippen molar-refractivity contribution >= 4 is 35.2 Å². The topological polar surface area (TPSA) is 71.8 Å². The van der Waals surface area contributed by atoms with Gasteiger partial charge in [-0.15, -0.1) is 11.8 Å². The van der Waals surface area contributed by atoms with E-state index in [9.17, 15) is 27.6 Å². The molecule has 3 aromatic rings. The van der Waals surface area contributed by atoms with E-state index in [4.69, 9.17) is 16.3 Å². The standard InChI is InChI=1S/C26H21ClF3N3O4S/c1-14(26(28,29)30)31-13-33(32-11-10-20(35)23(37-15(2)34)22(32)25(31)36)21-17-7-4-3-6-16(17)12-38-24-18(21)8-5-9-19(24)27/h3-11,14,21H,12-13H2,1-2H3/t14-,21-/m1/s1. The Bertz CT molecular complexity index is 1510. The Hall–Kier alpha value is -3.44. The lowest BCUT2D eigenvalue weighted by atomic mass is 9.94. The van der Waals surface area contributed by atoms with Gasteiger partial charge in [-0.05, 0) is 29.7 Å². The Labute approximate surface area is 224 Å². The number of alkyl halides is 3. The summed E-state index contributed by atoms with van der Waals surface area (Å²) in [5.74, 6) is -2.03. The van der Waals surface area contributed by atoms with Gasteiger partial charge in [-0.3, -0.25) is 24.1 Å². The molecule has 1 amide bonds. The summed E-state index contributed by atoms with van der Waals surface area (Å²) in [6.45, 7) is 1.45. The van der Waals surface area contributed by atoms with Gasteiger partial charge in [-0.1, -0.05) is 48.0 Å². The van der Waals surface area contributed by atoms with Crippen LogP contribution in [0.5, 0.6) is 5.75 Å². The number of amides is 1. The lowest BCUT2D eigenvalue weighted by Crippen LogP contribution is -2.60. The van der Waals surface area contributed by atoms with E-state index >= 15 is 0 Å². The summed E-state index contributed by atoms with van der Waals surface area (Å²) in [5, 5.41) is 2.05. The number of hydrogen-bond acceptors (Lipinski definition) is 6. The van der Waals surface area contributed by atoms with Gasteiger partial charge in [0.1, 0.15) is 12.7 Å². The SMILES string of the molecule is CC(=O)Oc1c2n(ccc1=O)N([C@@H]1c3ccccc3CSc3c(Cl)cccc31)CN([C@H](C)C(F)(F)F)C2=O. The molecule has 198 valence electrons. The first-order valence-electron chi connectivity index (χ1n) is 11.6. The Morgan fingerprint density at radius 1 is 1.11 bits per heavy atom. The molecular weight excluding hydrogens is 543 g/mol. The van der Waals surface area contributed by atoms with E-state index in [-0.39, 0.29) is 0 Å². The van der Waals surface area contributed by atoms with Crippen LogP contribution in [0.2, 0.25) is 5.02 Å². The smallest absolute Gasteiger partial charge is 0.408 e. The minimum absolute atomic E-state index is 0.465. The molecule has 12 heteroatoms. The molecule has 3 heterocycles. The van der Waals surface area contributed by atoms with Gasteiger partial charge in [0.05, 0.1) is 11.1 Å². The van der Waals surface area contributed by atoms with E-state index in [1.165, 1.54) is 22.6 Å². The predicted molar refractivity (Wildman–Crippen MR) is 136 cm³/mol. The van der Waals surface area contributed by atoms with Crippen LogP contribution in [0.4, 0.5) is 13.2 Å². The van der Waals surface area contributed by atoms with Crippen LogP contribution in [0.15, 0.2) is 64.4 Å². The highest BCUT2D eigenvalue weighted by molar-refractivity contribution is 7.98. The molecule has 38 heavy (non-hydrogen) atoms. The van der Waals surface area contributed by atoms with Crippen molar-refractivity contribution in [2.24, 2.45) is 0 Å². The van der Waals surface area contributed by atoms with Crippen LogP contribution in [0.25, 0.3) is 0 Å². The van der Waals surface area contributed by atoms with E-state index in [0.717, 1.165) is 41.5 Å². The van der Waals surface area contributed by atoms with Crippen molar-refractivity contribution in [3.63, 3.8) is 0 Å². The molecule has 7 nitrogen and oxygen atoms in total. The first-order valence-corrected chi connectivity index (χ1v) is 12.9. The number of carbonyl (C=O) groups excluding carboxylic acids is 2. The highest BCUT2D eigenvalue weighted by Crippen LogP contribution is 2.45. The third-order valence-corrected chi connectivity index (χ3v) is 8.20. The Balaban J connectivity index is 1.81. The molecule has 0 N–H and O–H groups in total. The summed E-state index contributed by atoms with van der Waals surface area (Å²) in [7, 11) is 0. The summed E-state index contributed by atoms with van der Waals surface area (Å²) < 4.78 is 48.3. The number of ether oxygens (including phenoxy) is 1. The van der Waals surface area contributed by atoms with Crippen LogP contribution in [0, 0.1) is 0 Å². The summed E-state index contributed by atoms with van der Waals surface area (Å²) in [4.78, 5) is 39.4. The van der Waals surface area contributed by atoms with E-state index in [0.29, 0.717) is 15.7 Å². The third kappa shape index (κ3) is 4.43. The summed E-state index contributed by atoms with van der Waals surface area (Å²) >= 11 is 8.08. The monoisotopic (exact) mass is 563 g/mol. The average Bonchev–Trinajstić information content (AvgIpc) is 3.02. The number of thioether (sulfide) groups is 1. The molecule has 2 atom stereocenters. The number of nitrogens with zero attached hydrogens (tertiary/aromatic N) is 3. The molecule has 1 aromatic heterocycles. The molecule has 0 bridgehead atoms. The number of fused-ring (bicyclic) bond motifs is 3. The van der Waals surface area contributed by atoms with E-state index < -0.39 is 53.7 Å². The molecule has 2 aromatic carbocycles. The zero-order valence-electron chi connectivity index (χ0n) is 20.2. The fraction of sp³-hybridized carbons (Fsp3) is 0.269. The lowest BCUT2D eigenvalue weighted by Gasteiger charge is -2.46. The number of rotatable bonds is 3. The summed E-state index contributed by atoms with van der Waals surface area (Å²) in [6.07, 6.45) is -3.44. The van der Waals surface area contributed by atoms with Gasteiger partial charge in [0, 0.05) is 29.8 Å². The fourth-order valence-electron chi connectivity index (χ4n) is 4.73. The molecule has 0 aliphatic carbocycles. The molecule has 0 radical (unpaired) electrons. The predicted octanol–water partition coefficient (Wildman–Crippen LogP) is 5.12. The summed E-state index contributed by atoms with van der Waals surface area (Å²) in [6, 6.07) is 11.1. The average molecular weight is 564 g/mol. The first-order chi connectivity index (χ1) is 18.0. The van der Waals surface area contributed by atoms with Crippen molar-refractivity contribution in [3.8, 4) is 5.75 Å². The van der Waals surface area contributed by atoms with Crippen molar-refractivity contribution in [2.45, 2.75) is 42.8 Å². The number of hydrogen-bond donors (Lipinski definition) is 0. The number of aromatic nitrogens is 1. The van der Waals surface area contributed by atoms with Gasteiger partial charge in [0.25, 0.3) is 5.91 Å². The molecule has 0 spiro atoms. The van der Waals surface area contributed by atoms with Crippen molar-refractivity contribution in [3.05, 3.63) is 92.4 Å². The normalized spacial score (nSPS) is 17.7. The van der Waals surface area contributed by atoms with Gasteiger partial charge >= 0.3 is 12.1 Å². The number of esters is 1. The van der Waals surface area contributed by atoms with E-state index in [1.54, 1.807) is 17.1 Å². The Kier molecular flexibility index (Phi) is 6.68. The van der Waals surface area contributed by atoms with Crippen molar-refractivity contribution in [1.29, 1.82) is 0 Å². The van der Waals surface area contributed by atoms with Crippen molar-refractivity contribution < 1.29 is 27.5 Å². The molecule has 0 saturated heterocycles. The highest BCUT2D eigenvalue weighted by atomic mass is 35.5. The minimum Gasteiger partial charge on any atom is -0.420 e. The highest BCUT2D eigenvalue weighted by Gasteiger charge is 2.48. The van der Waals surface area contributed by atoms with Gasteiger partial charge in [-0.2, -0.15) is 13.2 Å². The quantitative estimate of drug-likeness (QED) is 0.412. The van der Waals surface area contributed by atoms with E-state index in [1.807, 2.05) is 30.3 Å². The molecule has 0 saturated carbocycles. The van der Waals surface area contributed by atoms with Crippen molar-refractivity contribution in [1.82, 2.24) is 9.58 Å². The Morgan fingerprint density at radius 2 is 1.82 bits per heavy atom. The second-order valence-corrected chi connectivity index (χ2v) is 10.3. The number of halogens is 4. The zero-order chi connectivity index (χ0) is 27.4.